The minimum atomic E-state index is -4.50. The van der Waals surface area contributed by atoms with Crippen LogP contribution in [0.5, 0.6) is 0 Å². The molecule has 2 amide bonds. The van der Waals surface area contributed by atoms with Crippen LogP contribution in [-0.2, 0) is 28.7 Å². The third-order valence-corrected chi connectivity index (χ3v) is 6.08. The maximum absolute atomic E-state index is 12.9. The van der Waals surface area contributed by atoms with Gasteiger partial charge in [0.25, 0.3) is 0 Å². The van der Waals surface area contributed by atoms with Gasteiger partial charge in [-0.2, -0.15) is 13.2 Å². The highest BCUT2D eigenvalue weighted by Crippen LogP contribution is 2.30. The zero-order valence-electron chi connectivity index (χ0n) is 18.9. The van der Waals surface area contributed by atoms with Crippen molar-refractivity contribution in [2.24, 2.45) is 0 Å². The molecule has 0 radical (unpaired) electrons. The Morgan fingerprint density at radius 3 is 2.47 bits per heavy atom. The molecule has 180 valence electrons. The third-order valence-electron chi connectivity index (χ3n) is 5.11. The number of nitrogens with one attached hydrogen (secondary N) is 2. The van der Waals surface area contributed by atoms with Gasteiger partial charge in [-0.15, -0.1) is 10.2 Å². The predicted molar refractivity (Wildman–Crippen MR) is 125 cm³/mol. The van der Waals surface area contributed by atoms with Gasteiger partial charge in [0.15, 0.2) is 5.16 Å². The van der Waals surface area contributed by atoms with Gasteiger partial charge in [-0.1, -0.05) is 30.0 Å². The molecule has 1 heterocycles. The van der Waals surface area contributed by atoms with Gasteiger partial charge >= 0.3 is 6.18 Å². The van der Waals surface area contributed by atoms with Gasteiger partial charge in [0.05, 0.1) is 17.7 Å². The highest BCUT2D eigenvalue weighted by Gasteiger charge is 2.30. The summed E-state index contributed by atoms with van der Waals surface area (Å²) in [4.78, 5) is 24.8. The van der Waals surface area contributed by atoms with Crippen LogP contribution in [0, 0.1) is 13.8 Å². The molecular formula is C23H24F3N5O2S. The Morgan fingerprint density at radius 1 is 1.03 bits per heavy atom. The monoisotopic (exact) mass is 491 g/mol. The first-order chi connectivity index (χ1) is 16.1. The van der Waals surface area contributed by atoms with E-state index in [1.807, 2.05) is 39.0 Å². The second-order valence-corrected chi connectivity index (χ2v) is 8.47. The van der Waals surface area contributed by atoms with Gasteiger partial charge in [0, 0.05) is 17.9 Å². The van der Waals surface area contributed by atoms with Gasteiger partial charge in [-0.05, 0) is 56.2 Å². The molecule has 0 atom stereocenters. The first-order valence-corrected chi connectivity index (χ1v) is 11.4. The summed E-state index contributed by atoms with van der Waals surface area (Å²) in [7, 11) is 0. The molecule has 11 heteroatoms. The number of amides is 2. The van der Waals surface area contributed by atoms with Crippen LogP contribution in [0.15, 0.2) is 47.6 Å². The van der Waals surface area contributed by atoms with Gasteiger partial charge < -0.3 is 15.2 Å². The minimum absolute atomic E-state index is 0.0418. The Kier molecular flexibility index (Phi) is 7.98. The lowest BCUT2D eigenvalue weighted by atomic mass is 10.1. The van der Waals surface area contributed by atoms with Crippen molar-refractivity contribution < 1.29 is 22.8 Å². The summed E-state index contributed by atoms with van der Waals surface area (Å²) in [6.07, 6.45) is -4.67. The summed E-state index contributed by atoms with van der Waals surface area (Å²) < 4.78 is 40.3. The maximum Gasteiger partial charge on any atom is 0.416 e. The van der Waals surface area contributed by atoms with Crippen molar-refractivity contribution in [1.82, 2.24) is 14.8 Å². The van der Waals surface area contributed by atoms with E-state index >= 15 is 0 Å². The van der Waals surface area contributed by atoms with E-state index in [2.05, 4.69) is 20.8 Å². The minimum Gasteiger partial charge on any atom is -0.326 e. The van der Waals surface area contributed by atoms with Crippen molar-refractivity contribution in [3.63, 3.8) is 0 Å². The molecule has 0 bridgehead atoms. The fourth-order valence-corrected chi connectivity index (χ4v) is 4.02. The van der Waals surface area contributed by atoms with E-state index in [0.29, 0.717) is 17.5 Å². The number of benzene rings is 2. The Balaban J connectivity index is 1.61. The van der Waals surface area contributed by atoms with Crippen molar-refractivity contribution in [3.05, 3.63) is 65.0 Å². The number of aromatic nitrogens is 3. The summed E-state index contributed by atoms with van der Waals surface area (Å²) in [6.45, 7) is 6.20. The topological polar surface area (TPSA) is 88.9 Å². The number of carbonyl (C=O) groups is 2. The molecule has 0 saturated carbocycles. The van der Waals surface area contributed by atoms with Crippen molar-refractivity contribution in [3.8, 4) is 0 Å². The van der Waals surface area contributed by atoms with Crippen LogP contribution < -0.4 is 10.6 Å². The summed E-state index contributed by atoms with van der Waals surface area (Å²) in [5, 5.41) is 13.9. The molecule has 0 fully saturated rings. The number of hydrogen-bond acceptors (Lipinski definition) is 5. The van der Waals surface area contributed by atoms with Crippen LogP contribution in [0.4, 0.5) is 24.5 Å². The van der Waals surface area contributed by atoms with E-state index in [9.17, 15) is 22.8 Å². The zero-order chi connectivity index (χ0) is 24.9. The van der Waals surface area contributed by atoms with E-state index in [1.54, 1.807) is 4.57 Å². The van der Waals surface area contributed by atoms with Gasteiger partial charge in [-0.3, -0.25) is 9.59 Å². The van der Waals surface area contributed by atoms with Crippen LogP contribution in [-0.4, -0.2) is 32.3 Å². The molecular weight excluding hydrogens is 467 g/mol. The smallest absolute Gasteiger partial charge is 0.326 e. The number of thioether (sulfide) groups is 1. The number of alkyl halides is 3. The zero-order valence-corrected chi connectivity index (χ0v) is 19.7. The molecule has 0 aliphatic heterocycles. The van der Waals surface area contributed by atoms with Crippen molar-refractivity contribution in [2.75, 3.05) is 16.4 Å². The Hall–Kier alpha value is -3.34. The van der Waals surface area contributed by atoms with Crippen molar-refractivity contribution in [2.45, 2.75) is 45.1 Å². The second-order valence-electron chi connectivity index (χ2n) is 7.53. The molecule has 0 aliphatic carbocycles. The fraction of sp³-hybridized carbons (Fsp3) is 0.304. The number of nitrogens with zero attached hydrogens (tertiary/aromatic N) is 3. The predicted octanol–water partition coefficient (Wildman–Crippen LogP) is 4.85. The number of carbonyl (C=O) groups excluding carboxylic acids is 2. The molecule has 2 aromatic carbocycles. The summed E-state index contributed by atoms with van der Waals surface area (Å²) in [6, 6.07) is 10.1. The first-order valence-electron chi connectivity index (χ1n) is 10.5. The highest BCUT2D eigenvalue weighted by molar-refractivity contribution is 7.99. The van der Waals surface area contributed by atoms with E-state index in [1.165, 1.54) is 23.9 Å². The summed E-state index contributed by atoms with van der Waals surface area (Å²) in [5.74, 6) is -0.273. The highest BCUT2D eigenvalue weighted by atomic mass is 32.2. The lowest BCUT2D eigenvalue weighted by molar-refractivity contribution is -0.137. The van der Waals surface area contributed by atoms with Gasteiger partial charge in [0.2, 0.25) is 11.8 Å². The van der Waals surface area contributed by atoms with E-state index < -0.39 is 17.6 Å². The van der Waals surface area contributed by atoms with E-state index in [4.69, 9.17) is 0 Å². The van der Waals surface area contributed by atoms with Crippen molar-refractivity contribution in [1.29, 1.82) is 0 Å². The van der Waals surface area contributed by atoms with E-state index in [-0.39, 0.29) is 23.8 Å². The molecule has 0 aliphatic rings. The number of aryl methyl sites for hydroxylation is 1. The Bertz CT molecular complexity index is 1190. The first kappa shape index (κ1) is 25.3. The van der Waals surface area contributed by atoms with Crippen molar-refractivity contribution >= 4 is 35.0 Å². The molecule has 3 aromatic rings. The maximum atomic E-state index is 12.9. The van der Waals surface area contributed by atoms with Gasteiger partial charge in [-0.25, -0.2) is 0 Å². The molecule has 34 heavy (non-hydrogen) atoms. The molecule has 7 nitrogen and oxygen atoms in total. The molecule has 0 saturated heterocycles. The quantitative estimate of drug-likeness (QED) is 0.440. The van der Waals surface area contributed by atoms with E-state index in [0.717, 1.165) is 28.9 Å². The molecule has 2 N–H and O–H groups in total. The van der Waals surface area contributed by atoms with Crippen LogP contribution in [0.1, 0.15) is 29.4 Å². The average molecular weight is 492 g/mol. The largest absolute Gasteiger partial charge is 0.416 e. The standard InChI is InChI=1S/C23H24F3N5O2S/c1-4-31-19(12-20(32)27-17-9-6-8-16(11-17)23(24,25)26)29-30-22(31)34-13-21(33)28-18-10-5-7-14(2)15(18)3/h5-11H,4,12-13H2,1-3H3,(H,27,32)(H,28,33). The molecule has 1 aromatic heterocycles. The number of anilines is 2. The van der Waals surface area contributed by atoms with Crippen LogP contribution in [0.2, 0.25) is 0 Å². The third kappa shape index (κ3) is 6.37. The SMILES string of the molecule is CCn1c(CC(=O)Nc2cccc(C(F)(F)F)c2)nnc1SCC(=O)Nc1cccc(C)c1C. The average Bonchev–Trinajstić information content (AvgIpc) is 3.16. The fourth-order valence-electron chi connectivity index (χ4n) is 3.20. The summed E-state index contributed by atoms with van der Waals surface area (Å²) in [5.41, 5.74) is 2.00. The molecule has 3 rings (SSSR count). The molecule has 0 spiro atoms. The van der Waals surface area contributed by atoms with Crippen LogP contribution >= 0.6 is 11.8 Å². The normalized spacial score (nSPS) is 11.4. The summed E-state index contributed by atoms with van der Waals surface area (Å²) >= 11 is 1.19. The van der Waals surface area contributed by atoms with Crippen LogP contribution in [0.3, 0.4) is 0 Å². The Labute approximate surface area is 199 Å². The van der Waals surface area contributed by atoms with Gasteiger partial charge in [0.1, 0.15) is 5.82 Å². The lowest BCUT2D eigenvalue weighted by Gasteiger charge is -2.11. The number of rotatable bonds is 8. The van der Waals surface area contributed by atoms with Crippen LogP contribution in [0.25, 0.3) is 0 Å². The molecule has 0 unspecified atom stereocenters. The second kappa shape index (κ2) is 10.7. The number of halogens is 3. The number of hydrogen-bond donors (Lipinski definition) is 2. The lowest BCUT2D eigenvalue weighted by Crippen LogP contribution is -2.18. The Morgan fingerprint density at radius 2 is 1.76 bits per heavy atom.